The van der Waals surface area contributed by atoms with E-state index in [4.69, 9.17) is 5.41 Å². The van der Waals surface area contributed by atoms with E-state index in [1.807, 2.05) is 0 Å². The molecule has 1 aliphatic rings. The second kappa shape index (κ2) is 3.33. The second-order valence-corrected chi connectivity index (χ2v) is 2.99. The van der Waals surface area contributed by atoms with Gasteiger partial charge in [-0.2, -0.15) is 13.2 Å². The first kappa shape index (κ1) is 9.35. The summed E-state index contributed by atoms with van der Waals surface area (Å²) in [4.78, 5) is 0. The summed E-state index contributed by atoms with van der Waals surface area (Å²) in [6.07, 6.45) is -3.70. The normalized spacial score (nSPS) is 26.2. The molecule has 2 N–H and O–H groups in total. The maximum atomic E-state index is 12.2. The Morgan fingerprint density at radius 2 is 2.08 bits per heavy atom. The average Bonchev–Trinajstić information content (AvgIpc) is 2.11. The van der Waals surface area contributed by atoms with E-state index in [1.165, 1.54) is 0 Å². The molecule has 0 saturated carbocycles. The molecule has 5 heteroatoms. The lowest BCUT2D eigenvalue weighted by molar-refractivity contribution is -0.174. The van der Waals surface area contributed by atoms with Crippen molar-refractivity contribution in [3.8, 4) is 0 Å². The summed E-state index contributed by atoms with van der Waals surface area (Å²) in [6.45, 7) is 0.491. The van der Waals surface area contributed by atoms with Gasteiger partial charge in [-0.15, -0.1) is 0 Å². The van der Waals surface area contributed by atoms with Crippen molar-refractivity contribution in [2.75, 3.05) is 6.54 Å². The van der Waals surface area contributed by atoms with Crippen LogP contribution in [-0.4, -0.2) is 18.6 Å². The minimum atomic E-state index is -4.14. The van der Waals surface area contributed by atoms with Gasteiger partial charge in [0.25, 0.3) is 0 Å². The van der Waals surface area contributed by atoms with E-state index in [0.717, 1.165) is 0 Å². The molecule has 1 aliphatic heterocycles. The molecule has 0 spiro atoms. The third-order valence-electron chi connectivity index (χ3n) is 1.98. The SMILES string of the molecule is N=C1CC(C(F)(F)F)CCCN1. The van der Waals surface area contributed by atoms with Crippen molar-refractivity contribution in [3.63, 3.8) is 0 Å². The van der Waals surface area contributed by atoms with Crippen LogP contribution >= 0.6 is 0 Å². The minimum absolute atomic E-state index is 0.00910. The van der Waals surface area contributed by atoms with Crippen LogP contribution in [-0.2, 0) is 0 Å². The molecule has 0 aromatic heterocycles. The fourth-order valence-electron chi connectivity index (χ4n) is 1.29. The van der Waals surface area contributed by atoms with E-state index in [2.05, 4.69) is 5.32 Å². The first-order valence-electron chi connectivity index (χ1n) is 3.88. The van der Waals surface area contributed by atoms with Crippen LogP contribution in [0.25, 0.3) is 0 Å². The zero-order valence-corrected chi connectivity index (χ0v) is 6.54. The van der Waals surface area contributed by atoms with E-state index in [-0.39, 0.29) is 18.7 Å². The highest BCUT2D eigenvalue weighted by molar-refractivity contribution is 5.79. The zero-order valence-electron chi connectivity index (χ0n) is 6.54. The molecule has 70 valence electrons. The van der Waals surface area contributed by atoms with Crippen molar-refractivity contribution < 1.29 is 13.2 Å². The number of alkyl halides is 3. The quantitative estimate of drug-likeness (QED) is 0.587. The van der Waals surface area contributed by atoms with Crippen molar-refractivity contribution in [1.82, 2.24) is 5.32 Å². The minimum Gasteiger partial charge on any atom is -0.374 e. The Kier molecular flexibility index (Phi) is 2.59. The summed E-state index contributed by atoms with van der Waals surface area (Å²) in [5.74, 6) is -1.31. The van der Waals surface area contributed by atoms with E-state index < -0.39 is 12.1 Å². The Bertz CT molecular complexity index is 176. The van der Waals surface area contributed by atoms with Crippen LogP contribution in [0, 0.1) is 11.3 Å². The third-order valence-corrected chi connectivity index (χ3v) is 1.98. The largest absolute Gasteiger partial charge is 0.392 e. The van der Waals surface area contributed by atoms with Crippen molar-refractivity contribution in [2.45, 2.75) is 25.4 Å². The fourth-order valence-corrected chi connectivity index (χ4v) is 1.29. The van der Waals surface area contributed by atoms with Gasteiger partial charge in [0, 0.05) is 13.0 Å². The zero-order chi connectivity index (χ0) is 9.19. The summed E-state index contributed by atoms with van der Waals surface area (Å²) < 4.78 is 36.5. The van der Waals surface area contributed by atoms with Gasteiger partial charge in [-0.25, -0.2) is 0 Å². The van der Waals surface area contributed by atoms with Crippen LogP contribution in [0.2, 0.25) is 0 Å². The van der Waals surface area contributed by atoms with Crippen molar-refractivity contribution in [3.05, 3.63) is 0 Å². The summed E-state index contributed by atoms with van der Waals surface area (Å²) >= 11 is 0. The monoisotopic (exact) mass is 180 g/mol. The lowest BCUT2D eigenvalue weighted by Gasteiger charge is -2.16. The number of amidine groups is 1. The van der Waals surface area contributed by atoms with Gasteiger partial charge in [-0.05, 0) is 12.8 Å². The maximum Gasteiger partial charge on any atom is 0.392 e. The van der Waals surface area contributed by atoms with Gasteiger partial charge < -0.3 is 5.32 Å². The summed E-state index contributed by atoms with van der Waals surface area (Å²) in [5.41, 5.74) is 0. The molecule has 1 unspecified atom stereocenters. The second-order valence-electron chi connectivity index (χ2n) is 2.99. The standard InChI is InChI=1S/C7H11F3N2/c8-7(9,10)5-2-1-3-12-6(11)4-5/h5H,1-4H2,(H2,11,12). The molecule has 1 heterocycles. The van der Waals surface area contributed by atoms with Crippen molar-refractivity contribution in [2.24, 2.45) is 5.92 Å². The molecule has 1 saturated heterocycles. The molecule has 1 atom stereocenters. The van der Waals surface area contributed by atoms with Crippen LogP contribution in [0.15, 0.2) is 0 Å². The molecule has 12 heavy (non-hydrogen) atoms. The van der Waals surface area contributed by atoms with Gasteiger partial charge in [0.05, 0.1) is 11.8 Å². The van der Waals surface area contributed by atoms with Gasteiger partial charge >= 0.3 is 6.18 Å². The molecular weight excluding hydrogens is 169 g/mol. The van der Waals surface area contributed by atoms with Crippen LogP contribution in [0.3, 0.4) is 0 Å². The predicted molar refractivity (Wildman–Crippen MR) is 39.1 cm³/mol. The molecule has 2 nitrogen and oxygen atoms in total. The molecule has 0 aromatic rings. The van der Waals surface area contributed by atoms with Gasteiger partial charge in [0.1, 0.15) is 0 Å². The highest BCUT2D eigenvalue weighted by atomic mass is 19.4. The summed E-state index contributed by atoms with van der Waals surface area (Å²) in [6, 6.07) is 0. The lowest BCUT2D eigenvalue weighted by Crippen LogP contribution is -2.27. The highest BCUT2D eigenvalue weighted by Crippen LogP contribution is 2.33. The highest BCUT2D eigenvalue weighted by Gasteiger charge is 2.40. The first-order valence-corrected chi connectivity index (χ1v) is 3.88. The Balaban J connectivity index is 2.58. The van der Waals surface area contributed by atoms with E-state index in [0.29, 0.717) is 13.0 Å². The summed E-state index contributed by atoms with van der Waals surface area (Å²) in [5, 5.41) is 9.76. The number of nitrogens with one attached hydrogen (secondary N) is 2. The first-order chi connectivity index (χ1) is 5.50. The van der Waals surface area contributed by atoms with Crippen LogP contribution in [0.5, 0.6) is 0 Å². The number of hydrogen-bond acceptors (Lipinski definition) is 1. The van der Waals surface area contributed by atoms with E-state index >= 15 is 0 Å². The van der Waals surface area contributed by atoms with Gasteiger partial charge in [0.2, 0.25) is 0 Å². The van der Waals surface area contributed by atoms with E-state index in [9.17, 15) is 13.2 Å². The van der Waals surface area contributed by atoms with Crippen LogP contribution in [0.1, 0.15) is 19.3 Å². The Morgan fingerprint density at radius 1 is 1.42 bits per heavy atom. The molecule has 0 amide bonds. The maximum absolute atomic E-state index is 12.2. The number of halogens is 3. The summed E-state index contributed by atoms with van der Waals surface area (Å²) in [7, 11) is 0. The molecule has 0 aromatic carbocycles. The molecular formula is C7H11F3N2. The Morgan fingerprint density at radius 3 is 2.67 bits per heavy atom. The predicted octanol–water partition coefficient (Wildman–Crippen LogP) is 1.92. The number of rotatable bonds is 0. The third kappa shape index (κ3) is 2.39. The average molecular weight is 180 g/mol. The van der Waals surface area contributed by atoms with Gasteiger partial charge in [-0.1, -0.05) is 0 Å². The van der Waals surface area contributed by atoms with Gasteiger partial charge in [0.15, 0.2) is 0 Å². The van der Waals surface area contributed by atoms with Crippen molar-refractivity contribution >= 4 is 5.84 Å². The Labute approximate surface area is 68.7 Å². The molecule has 0 bridgehead atoms. The molecule has 1 rings (SSSR count). The lowest BCUT2D eigenvalue weighted by atomic mass is 10.00. The number of hydrogen-bond donors (Lipinski definition) is 2. The van der Waals surface area contributed by atoms with Gasteiger partial charge in [-0.3, -0.25) is 5.41 Å². The van der Waals surface area contributed by atoms with Crippen molar-refractivity contribution in [1.29, 1.82) is 5.41 Å². The van der Waals surface area contributed by atoms with E-state index in [1.54, 1.807) is 0 Å². The topological polar surface area (TPSA) is 35.9 Å². The van der Waals surface area contributed by atoms with Crippen LogP contribution < -0.4 is 5.32 Å². The Hall–Kier alpha value is -0.740. The molecule has 0 radical (unpaired) electrons. The smallest absolute Gasteiger partial charge is 0.374 e. The molecule has 0 aliphatic carbocycles. The molecule has 1 fully saturated rings. The fraction of sp³-hybridized carbons (Fsp3) is 0.857. The van der Waals surface area contributed by atoms with Crippen LogP contribution in [0.4, 0.5) is 13.2 Å².